The molecule has 0 bridgehead atoms. The Morgan fingerprint density at radius 2 is 1.75 bits per heavy atom. The van der Waals surface area contributed by atoms with Crippen LogP contribution in [0.15, 0.2) is 0 Å². The van der Waals surface area contributed by atoms with Crippen molar-refractivity contribution in [2.45, 2.75) is 53.9 Å². The summed E-state index contributed by atoms with van der Waals surface area (Å²) in [5.41, 5.74) is 0.648. The Morgan fingerprint density at radius 1 is 1.17 bits per heavy atom. The predicted molar refractivity (Wildman–Crippen MR) is 55.1 cm³/mol. The Morgan fingerprint density at radius 3 is 2.00 bits per heavy atom. The number of rotatable bonds is 2. The van der Waals surface area contributed by atoms with Crippen LogP contribution >= 0.6 is 0 Å². The van der Waals surface area contributed by atoms with Gasteiger partial charge in [0.05, 0.1) is 0 Å². The Bertz CT molecular complexity index is 146. The van der Waals surface area contributed by atoms with Crippen LogP contribution in [0.2, 0.25) is 0 Å². The Kier molecular flexibility index (Phi) is 2.85. The second kappa shape index (κ2) is 3.40. The molecule has 2 unspecified atom stereocenters. The molecule has 72 valence electrons. The molecule has 1 fully saturated rings. The van der Waals surface area contributed by atoms with Gasteiger partial charge in [-0.1, -0.05) is 34.6 Å². The van der Waals surface area contributed by atoms with Gasteiger partial charge in [0.1, 0.15) is 0 Å². The first-order valence-corrected chi connectivity index (χ1v) is 5.46. The smallest absolute Gasteiger partial charge is 0.0300 e. The summed E-state index contributed by atoms with van der Waals surface area (Å²) in [5.74, 6) is 2.75. The largest absolute Gasteiger partial charge is 0.0625 e. The number of hydrogen-bond donors (Lipinski definition) is 0. The number of hydrogen-bond acceptors (Lipinski definition) is 0. The monoisotopic (exact) mass is 168 g/mol. The molecule has 2 atom stereocenters. The topological polar surface area (TPSA) is 0 Å². The zero-order valence-corrected chi connectivity index (χ0v) is 9.35. The van der Waals surface area contributed by atoms with Gasteiger partial charge in [-0.25, -0.2) is 0 Å². The van der Waals surface area contributed by atoms with E-state index in [1.54, 1.807) is 0 Å². The van der Waals surface area contributed by atoms with Crippen molar-refractivity contribution in [2.24, 2.45) is 23.2 Å². The molecule has 0 heteroatoms. The lowest BCUT2D eigenvalue weighted by atomic mass is 9.76. The van der Waals surface area contributed by atoms with E-state index >= 15 is 0 Å². The molecule has 0 heterocycles. The lowest BCUT2D eigenvalue weighted by Crippen LogP contribution is -2.20. The Labute approximate surface area is 77.7 Å². The predicted octanol–water partition coefficient (Wildman–Crippen LogP) is 4.10. The minimum absolute atomic E-state index is 0.648. The zero-order chi connectivity index (χ0) is 9.35. The van der Waals surface area contributed by atoms with E-state index in [4.69, 9.17) is 0 Å². The molecular formula is C12H24. The standard InChI is InChI=1S/C12H24/c1-9(2)11-6-7-12(5,8-11)10(3)4/h9-11H,6-8H2,1-5H3. The normalized spacial score (nSPS) is 36.8. The van der Waals surface area contributed by atoms with Crippen molar-refractivity contribution < 1.29 is 0 Å². The van der Waals surface area contributed by atoms with E-state index < -0.39 is 0 Å². The lowest BCUT2D eigenvalue weighted by Gasteiger charge is -2.29. The SMILES string of the molecule is CC(C)C1CCC(C)(C(C)C)C1. The van der Waals surface area contributed by atoms with E-state index in [1.807, 2.05) is 0 Å². The highest BCUT2D eigenvalue weighted by molar-refractivity contribution is 4.88. The van der Waals surface area contributed by atoms with Gasteiger partial charge in [0.2, 0.25) is 0 Å². The molecular weight excluding hydrogens is 144 g/mol. The van der Waals surface area contributed by atoms with E-state index in [2.05, 4.69) is 34.6 Å². The van der Waals surface area contributed by atoms with Crippen LogP contribution in [0.1, 0.15) is 53.9 Å². The molecule has 1 aliphatic carbocycles. The van der Waals surface area contributed by atoms with Gasteiger partial charge in [0.25, 0.3) is 0 Å². The van der Waals surface area contributed by atoms with Crippen molar-refractivity contribution in [3.63, 3.8) is 0 Å². The highest BCUT2D eigenvalue weighted by Crippen LogP contribution is 2.48. The highest BCUT2D eigenvalue weighted by atomic mass is 14.4. The first-order valence-electron chi connectivity index (χ1n) is 5.46. The summed E-state index contributed by atoms with van der Waals surface area (Å²) in [4.78, 5) is 0. The third kappa shape index (κ3) is 1.84. The van der Waals surface area contributed by atoms with Gasteiger partial charge in [0.15, 0.2) is 0 Å². The van der Waals surface area contributed by atoms with E-state index in [9.17, 15) is 0 Å². The van der Waals surface area contributed by atoms with Gasteiger partial charge in [-0.05, 0) is 42.4 Å². The fourth-order valence-corrected chi connectivity index (χ4v) is 2.41. The molecule has 0 amide bonds. The van der Waals surface area contributed by atoms with E-state index in [0.29, 0.717) is 5.41 Å². The van der Waals surface area contributed by atoms with Crippen LogP contribution in [-0.2, 0) is 0 Å². The summed E-state index contributed by atoms with van der Waals surface area (Å²) in [6.07, 6.45) is 4.38. The molecule has 0 nitrogen and oxygen atoms in total. The van der Waals surface area contributed by atoms with Crippen LogP contribution in [0.3, 0.4) is 0 Å². The van der Waals surface area contributed by atoms with Crippen LogP contribution in [-0.4, -0.2) is 0 Å². The first kappa shape index (κ1) is 10.1. The van der Waals surface area contributed by atoms with Crippen LogP contribution in [0.4, 0.5) is 0 Å². The second-order valence-corrected chi connectivity index (χ2v) is 5.56. The van der Waals surface area contributed by atoms with E-state index in [-0.39, 0.29) is 0 Å². The Balaban J connectivity index is 2.55. The molecule has 0 aliphatic heterocycles. The lowest BCUT2D eigenvalue weighted by molar-refractivity contribution is 0.208. The van der Waals surface area contributed by atoms with Gasteiger partial charge < -0.3 is 0 Å². The summed E-state index contributed by atoms with van der Waals surface area (Å²) in [7, 11) is 0. The van der Waals surface area contributed by atoms with Crippen molar-refractivity contribution >= 4 is 0 Å². The molecule has 0 aromatic carbocycles. The fourth-order valence-electron chi connectivity index (χ4n) is 2.41. The van der Waals surface area contributed by atoms with Gasteiger partial charge in [-0.2, -0.15) is 0 Å². The van der Waals surface area contributed by atoms with E-state index in [1.165, 1.54) is 19.3 Å². The van der Waals surface area contributed by atoms with Gasteiger partial charge in [0, 0.05) is 0 Å². The summed E-state index contributed by atoms with van der Waals surface area (Å²) in [6.45, 7) is 12.0. The highest BCUT2D eigenvalue weighted by Gasteiger charge is 2.38. The maximum Gasteiger partial charge on any atom is -0.0300 e. The van der Waals surface area contributed by atoms with Gasteiger partial charge in [-0.15, -0.1) is 0 Å². The summed E-state index contributed by atoms with van der Waals surface area (Å²) >= 11 is 0. The van der Waals surface area contributed by atoms with Gasteiger partial charge >= 0.3 is 0 Å². The van der Waals surface area contributed by atoms with Crippen molar-refractivity contribution in [1.29, 1.82) is 0 Å². The maximum absolute atomic E-state index is 2.47. The average Bonchev–Trinajstić information content (AvgIpc) is 2.33. The molecule has 0 aromatic heterocycles. The van der Waals surface area contributed by atoms with E-state index in [0.717, 1.165) is 17.8 Å². The minimum Gasteiger partial charge on any atom is -0.0625 e. The summed E-state index contributed by atoms with van der Waals surface area (Å²) < 4.78 is 0. The molecule has 1 rings (SSSR count). The first-order chi connectivity index (χ1) is 5.46. The van der Waals surface area contributed by atoms with Crippen molar-refractivity contribution in [2.75, 3.05) is 0 Å². The van der Waals surface area contributed by atoms with Crippen LogP contribution in [0.25, 0.3) is 0 Å². The van der Waals surface area contributed by atoms with Gasteiger partial charge in [-0.3, -0.25) is 0 Å². The third-order valence-electron chi connectivity index (χ3n) is 4.15. The molecule has 0 aromatic rings. The summed E-state index contributed by atoms with van der Waals surface area (Å²) in [5, 5.41) is 0. The molecule has 1 aliphatic rings. The molecule has 0 radical (unpaired) electrons. The van der Waals surface area contributed by atoms with Crippen LogP contribution in [0.5, 0.6) is 0 Å². The van der Waals surface area contributed by atoms with Crippen LogP contribution < -0.4 is 0 Å². The average molecular weight is 168 g/mol. The third-order valence-corrected chi connectivity index (χ3v) is 4.15. The quantitative estimate of drug-likeness (QED) is 0.582. The second-order valence-electron chi connectivity index (χ2n) is 5.56. The molecule has 0 N–H and O–H groups in total. The zero-order valence-electron chi connectivity index (χ0n) is 9.35. The molecule has 12 heavy (non-hydrogen) atoms. The van der Waals surface area contributed by atoms with Crippen LogP contribution in [0, 0.1) is 23.2 Å². The minimum atomic E-state index is 0.648. The molecule has 0 saturated heterocycles. The van der Waals surface area contributed by atoms with Crippen molar-refractivity contribution in [3.05, 3.63) is 0 Å². The van der Waals surface area contributed by atoms with Crippen molar-refractivity contribution in [3.8, 4) is 0 Å². The molecule has 1 saturated carbocycles. The maximum atomic E-state index is 2.47. The molecule has 0 spiro atoms. The van der Waals surface area contributed by atoms with Crippen molar-refractivity contribution in [1.82, 2.24) is 0 Å². The Hall–Kier alpha value is 0. The fraction of sp³-hybridized carbons (Fsp3) is 1.00. The summed E-state index contributed by atoms with van der Waals surface area (Å²) in [6, 6.07) is 0.